The van der Waals surface area contributed by atoms with Crippen molar-refractivity contribution in [3.63, 3.8) is 0 Å². The van der Waals surface area contributed by atoms with Crippen LogP contribution < -0.4 is 5.32 Å². The monoisotopic (exact) mass is 254 g/mol. The van der Waals surface area contributed by atoms with Gasteiger partial charge in [-0.3, -0.25) is 4.99 Å². The number of nitrogens with zero attached hydrogens (tertiary/aromatic N) is 1. The van der Waals surface area contributed by atoms with Gasteiger partial charge in [0.05, 0.1) is 6.54 Å². The lowest BCUT2D eigenvalue weighted by atomic mass is 9.84. The van der Waals surface area contributed by atoms with E-state index < -0.39 is 0 Å². The third kappa shape index (κ3) is 3.90. The van der Waals surface area contributed by atoms with Crippen LogP contribution >= 0.6 is 11.8 Å². The summed E-state index contributed by atoms with van der Waals surface area (Å²) in [5, 5.41) is 5.65. The minimum Gasteiger partial charge on any atom is -0.362 e. The number of rotatable bonds is 4. The smallest absolute Gasteiger partial charge is 0.157 e. The zero-order valence-corrected chi connectivity index (χ0v) is 12.1. The zero-order valence-electron chi connectivity index (χ0n) is 11.2. The maximum Gasteiger partial charge on any atom is 0.157 e. The molecule has 17 heavy (non-hydrogen) atoms. The van der Waals surface area contributed by atoms with Crippen LogP contribution in [0, 0.1) is 5.92 Å². The van der Waals surface area contributed by atoms with Crippen molar-refractivity contribution in [2.24, 2.45) is 10.9 Å². The highest BCUT2D eigenvalue weighted by molar-refractivity contribution is 8.14. The summed E-state index contributed by atoms with van der Waals surface area (Å²) in [6, 6.07) is 0.695. The zero-order chi connectivity index (χ0) is 12.1. The summed E-state index contributed by atoms with van der Waals surface area (Å²) in [4.78, 5) is 4.65. The molecule has 3 atom stereocenters. The summed E-state index contributed by atoms with van der Waals surface area (Å²) >= 11 is 1.98. The second-order valence-corrected chi connectivity index (χ2v) is 6.75. The topological polar surface area (TPSA) is 24.4 Å². The van der Waals surface area contributed by atoms with Crippen molar-refractivity contribution < 1.29 is 0 Å². The predicted octanol–water partition coefficient (Wildman–Crippen LogP) is 3.82. The molecule has 98 valence electrons. The van der Waals surface area contributed by atoms with Gasteiger partial charge >= 0.3 is 0 Å². The van der Waals surface area contributed by atoms with E-state index in [-0.39, 0.29) is 0 Å². The van der Waals surface area contributed by atoms with Crippen LogP contribution in [-0.2, 0) is 0 Å². The van der Waals surface area contributed by atoms with Crippen LogP contribution in [0.15, 0.2) is 4.99 Å². The van der Waals surface area contributed by atoms with E-state index in [2.05, 4.69) is 24.2 Å². The molecule has 1 saturated carbocycles. The molecule has 0 aromatic heterocycles. The molecular weight excluding hydrogens is 228 g/mol. The predicted molar refractivity (Wildman–Crippen MR) is 77.8 cm³/mol. The Morgan fingerprint density at radius 1 is 1.35 bits per heavy atom. The van der Waals surface area contributed by atoms with Crippen LogP contribution in [0.5, 0.6) is 0 Å². The average molecular weight is 254 g/mol. The van der Waals surface area contributed by atoms with Crippen molar-refractivity contribution in [3.8, 4) is 0 Å². The van der Waals surface area contributed by atoms with Gasteiger partial charge in [-0.05, 0) is 25.2 Å². The van der Waals surface area contributed by atoms with E-state index in [0.717, 1.165) is 17.7 Å². The molecule has 1 heterocycles. The number of aliphatic imine (C=N–C) groups is 1. The van der Waals surface area contributed by atoms with Crippen LogP contribution in [0.3, 0.4) is 0 Å². The van der Waals surface area contributed by atoms with Crippen molar-refractivity contribution in [1.82, 2.24) is 5.32 Å². The van der Waals surface area contributed by atoms with E-state index in [4.69, 9.17) is 0 Å². The van der Waals surface area contributed by atoms with E-state index in [9.17, 15) is 0 Å². The Bertz CT molecular complexity index is 265. The standard InChI is InChI=1S/C14H26N2S/c1-3-6-13-10-15-14(17-13)16-12-8-5-7-11(4-2)9-12/h11-13H,3-10H2,1-2H3,(H,15,16). The second-order valence-electron chi connectivity index (χ2n) is 5.46. The van der Waals surface area contributed by atoms with Gasteiger partial charge in [-0.25, -0.2) is 0 Å². The van der Waals surface area contributed by atoms with Gasteiger partial charge in [-0.1, -0.05) is 51.3 Å². The minimum absolute atomic E-state index is 0.695. The lowest BCUT2D eigenvalue weighted by Crippen LogP contribution is -2.36. The molecule has 1 fully saturated rings. The molecular formula is C14H26N2S. The van der Waals surface area contributed by atoms with E-state index in [1.54, 1.807) is 0 Å². The van der Waals surface area contributed by atoms with Gasteiger partial charge in [-0.2, -0.15) is 0 Å². The molecule has 0 saturated heterocycles. The lowest BCUT2D eigenvalue weighted by Gasteiger charge is -2.29. The van der Waals surface area contributed by atoms with Crippen LogP contribution in [0.4, 0.5) is 0 Å². The first-order chi connectivity index (χ1) is 8.31. The van der Waals surface area contributed by atoms with E-state index in [0.29, 0.717) is 6.04 Å². The maximum absolute atomic E-state index is 4.65. The van der Waals surface area contributed by atoms with Crippen molar-refractivity contribution in [1.29, 1.82) is 0 Å². The van der Waals surface area contributed by atoms with Gasteiger partial charge in [0.1, 0.15) is 0 Å². The SMILES string of the molecule is CCCC1CN=C(NC2CCCC(CC)C2)S1. The van der Waals surface area contributed by atoms with E-state index >= 15 is 0 Å². The summed E-state index contributed by atoms with van der Waals surface area (Å²) < 4.78 is 0. The van der Waals surface area contributed by atoms with Crippen molar-refractivity contribution >= 4 is 16.9 Å². The highest BCUT2D eigenvalue weighted by Gasteiger charge is 2.24. The second kappa shape index (κ2) is 6.67. The molecule has 1 aliphatic heterocycles. The number of thioether (sulfide) groups is 1. The molecule has 0 radical (unpaired) electrons. The number of amidine groups is 1. The Kier molecular flexibility index (Phi) is 5.20. The van der Waals surface area contributed by atoms with Crippen LogP contribution in [-0.4, -0.2) is 23.0 Å². The molecule has 0 bridgehead atoms. The Balaban J connectivity index is 1.74. The van der Waals surface area contributed by atoms with E-state index in [1.165, 1.54) is 50.1 Å². The molecule has 3 unspecified atom stereocenters. The average Bonchev–Trinajstić information content (AvgIpc) is 2.77. The van der Waals surface area contributed by atoms with Crippen LogP contribution in [0.1, 0.15) is 58.8 Å². The van der Waals surface area contributed by atoms with Gasteiger partial charge in [0, 0.05) is 11.3 Å². The van der Waals surface area contributed by atoms with Gasteiger partial charge < -0.3 is 5.32 Å². The van der Waals surface area contributed by atoms with Gasteiger partial charge in [0.15, 0.2) is 5.17 Å². The molecule has 2 nitrogen and oxygen atoms in total. The normalized spacial score (nSPS) is 33.5. The minimum atomic E-state index is 0.695. The molecule has 3 heteroatoms. The fourth-order valence-corrected chi connectivity index (χ4v) is 4.14. The Morgan fingerprint density at radius 2 is 2.24 bits per heavy atom. The van der Waals surface area contributed by atoms with Crippen LogP contribution in [0.25, 0.3) is 0 Å². The molecule has 0 spiro atoms. The number of nitrogens with one attached hydrogen (secondary N) is 1. The maximum atomic E-state index is 4.65. The highest BCUT2D eigenvalue weighted by Crippen LogP contribution is 2.29. The fourth-order valence-electron chi connectivity index (χ4n) is 2.94. The third-order valence-corrected chi connectivity index (χ3v) is 5.20. The summed E-state index contributed by atoms with van der Waals surface area (Å²) in [7, 11) is 0. The van der Waals surface area contributed by atoms with Crippen molar-refractivity contribution in [3.05, 3.63) is 0 Å². The molecule has 2 rings (SSSR count). The summed E-state index contributed by atoms with van der Waals surface area (Å²) in [5.74, 6) is 0.944. The van der Waals surface area contributed by atoms with Crippen LogP contribution in [0.2, 0.25) is 0 Å². The third-order valence-electron chi connectivity index (χ3n) is 4.02. The largest absolute Gasteiger partial charge is 0.362 e. The molecule has 1 N–H and O–H groups in total. The van der Waals surface area contributed by atoms with Gasteiger partial charge in [0.2, 0.25) is 0 Å². The van der Waals surface area contributed by atoms with Gasteiger partial charge in [0.25, 0.3) is 0 Å². The first-order valence-electron chi connectivity index (χ1n) is 7.29. The molecule has 1 aliphatic carbocycles. The Morgan fingerprint density at radius 3 is 3.00 bits per heavy atom. The van der Waals surface area contributed by atoms with Crippen molar-refractivity contribution in [2.45, 2.75) is 70.1 Å². The molecule has 2 aliphatic rings. The van der Waals surface area contributed by atoms with Crippen molar-refractivity contribution in [2.75, 3.05) is 6.54 Å². The number of hydrogen-bond acceptors (Lipinski definition) is 3. The summed E-state index contributed by atoms with van der Waals surface area (Å²) in [6.07, 6.45) is 9.46. The Hall–Kier alpha value is -0.180. The Labute approximate surface area is 110 Å². The molecule has 0 amide bonds. The number of hydrogen-bond donors (Lipinski definition) is 1. The molecule has 0 aromatic carbocycles. The fraction of sp³-hybridized carbons (Fsp3) is 0.929. The lowest BCUT2D eigenvalue weighted by molar-refractivity contribution is 0.300. The summed E-state index contributed by atoms with van der Waals surface area (Å²) in [5.41, 5.74) is 0. The first kappa shape index (κ1) is 13.3. The first-order valence-corrected chi connectivity index (χ1v) is 8.17. The summed E-state index contributed by atoms with van der Waals surface area (Å²) in [6.45, 7) is 5.62. The van der Waals surface area contributed by atoms with E-state index in [1.807, 2.05) is 11.8 Å². The molecule has 0 aromatic rings. The highest BCUT2D eigenvalue weighted by atomic mass is 32.2. The van der Waals surface area contributed by atoms with Gasteiger partial charge in [-0.15, -0.1) is 0 Å². The quantitative estimate of drug-likeness (QED) is 0.825.